The van der Waals surface area contributed by atoms with Crippen LogP contribution in [-0.4, -0.2) is 26.8 Å². The molecule has 1 fully saturated rings. The summed E-state index contributed by atoms with van der Waals surface area (Å²) in [5.74, 6) is 2.27. The van der Waals surface area contributed by atoms with Crippen LogP contribution in [0, 0.1) is 13.8 Å². The number of ether oxygens (including phenoxy) is 2. The van der Waals surface area contributed by atoms with Crippen LogP contribution in [0.2, 0.25) is 0 Å². The molecular formula is C33H31N5O2S. The second-order valence-electron chi connectivity index (χ2n) is 10.0. The van der Waals surface area contributed by atoms with Crippen molar-refractivity contribution in [2.75, 3.05) is 12.0 Å². The Balaban J connectivity index is 1.35. The van der Waals surface area contributed by atoms with E-state index in [0.29, 0.717) is 5.11 Å². The lowest BCUT2D eigenvalue weighted by molar-refractivity contribution is 0.413. The Morgan fingerprint density at radius 1 is 0.878 bits per heavy atom. The maximum absolute atomic E-state index is 6.08. The third kappa shape index (κ3) is 5.38. The highest BCUT2D eigenvalue weighted by Gasteiger charge is 2.42. The fourth-order valence-electron chi connectivity index (χ4n) is 5.45. The maximum atomic E-state index is 6.08. The highest BCUT2D eigenvalue weighted by molar-refractivity contribution is 7.80. The van der Waals surface area contributed by atoms with Crippen molar-refractivity contribution in [3.8, 4) is 17.2 Å². The number of nitrogens with one attached hydrogen (secondary N) is 1. The van der Waals surface area contributed by atoms with Gasteiger partial charge >= 0.3 is 0 Å². The van der Waals surface area contributed by atoms with Crippen molar-refractivity contribution in [2.24, 2.45) is 0 Å². The second kappa shape index (κ2) is 11.4. The van der Waals surface area contributed by atoms with Crippen LogP contribution in [0.4, 0.5) is 5.69 Å². The second-order valence-corrected chi connectivity index (χ2v) is 10.4. The number of hydrogen-bond donors (Lipinski definition) is 1. The highest BCUT2D eigenvalue weighted by Crippen LogP contribution is 2.43. The first-order valence-corrected chi connectivity index (χ1v) is 13.9. The number of pyridine rings is 2. The van der Waals surface area contributed by atoms with Gasteiger partial charge in [-0.25, -0.2) is 0 Å². The van der Waals surface area contributed by atoms with E-state index in [1.165, 1.54) is 17.0 Å². The molecule has 2 atom stereocenters. The monoisotopic (exact) mass is 561 g/mol. The molecule has 8 heteroatoms. The van der Waals surface area contributed by atoms with Crippen molar-refractivity contribution < 1.29 is 9.47 Å². The molecular weight excluding hydrogens is 530 g/mol. The summed E-state index contributed by atoms with van der Waals surface area (Å²) in [6.07, 6.45) is 5.55. The Labute approximate surface area is 245 Å². The van der Waals surface area contributed by atoms with E-state index in [4.69, 9.17) is 26.7 Å². The lowest BCUT2D eigenvalue weighted by Crippen LogP contribution is -2.29. The Morgan fingerprint density at radius 2 is 1.61 bits per heavy atom. The number of aryl methyl sites for hydroxylation is 1. The van der Waals surface area contributed by atoms with Crippen LogP contribution in [0.3, 0.4) is 0 Å². The van der Waals surface area contributed by atoms with E-state index in [1.807, 2.05) is 67.0 Å². The van der Waals surface area contributed by atoms with Gasteiger partial charge in [-0.05, 0) is 110 Å². The van der Waals surface area contributed by atoms with Crippen LogP contribution in [0.15, 0.2) is 104 Å². The van der Waals surface area contributed by atoms with Gasteiger partial charge in [0.05, 0.1) is 24.9 Å². The van der Waals surface area contributed by atoms with E-state index in [9.17, 15) is 0 Å². The molecule has 1 saturated heterocycles. The van der Waals surface area contributed by atoms with Crippen molar-refractivity contribution in [3.05, 3.63) is 132 Å². The van der Waals surface area contributed by atoms with Crippen molar-refractivity contribution in [2.45, 2.75) is 32.5 Å². The number of hydrogen-bond acceptors (Lipinski definition) is 5. The molecule has 1 N–H and O–H groups in total. The molecule has 4 heterocycles. The summed E-state index contributed by atoms with van der Waals surface area (Å²) in [6.45, 7) is 5.08. The highest BCUT2D eigenvalue weighted by atomic mass is 32.1. The van der Waals surface area contributed by atoms with Gasteiger partial charge < -0.3 is 24.3 Å². The van der Waals surface area contributed by atoms with Crippen molar-refractivity contribution in [1.82, 2.24) is 19.9 Å². The van der Waals surface area contributed by atoms with Crippen LogP contribution in [0.1, 0.15) is 40.3 Å². The Morgan fingerprint density at radius 3 is 2.27 bits per heavy atom. The number of anilines is 1. The van der Waals surface area contributed by atoms with E-state index in [2.05, 4.69) is 63.9 Å². The third-order valence-corrected chi connectivity index (χ3v) is 7.82. The molecule has 6 rings (SSSR count). The first-order valence-electron chi connectivity index (χ1n) is 13.5. The molecule has 0 saturated carbocycles. The number of aromatic nitrogens is 3. The summed E-state index contributed by atoms with van der Waals surface area (Å²) in [4.78, 5) is 11.2. The number of rotatable bonds is 8. The van der Waals surface area contributed by atoms with Gasteiger partial charge in [0.2, 0.25) is 0 Å². The van der Waals surface area contributed by atoms with Gasteiger partial charge in [-0.2, -0.15) is 0 Å². The standard InChI is InChI=1S/C33H31N5O2S/c1-22-19-29(23(2)37(22)21-24-7-6-17-34-20-24)32-31(30-8-4-5-18-35-30)36-33(41)38(32)25-9-11-27(12-10-25)40-28-15-13-26(39-3)14-16-28/h4-20,31-32H,21H2,1-3H3,(H,36,41)/t31-,32+/m1/s1. The van der Waals surface area contributed by atoms with Crippen LogP contribution >= 0.6 is 12.2 Å². The zero-order valence-corrected chi connectivity index (χ0v) is 24.0. The minimum Gasteiger partial charge on any atom is -0.497 e. The predicted molar refractivity (Wildman–Crippen MR) is 165 cm³/mol. The lowest BCUT2D eigenvalue weighted by atomic mass is 9.96. The molecule has 0 aliphatic carbocycles. The Bertz CT molecular complexity index is 1640. The maximum Gasteiger partial charge on any atom is 0.174 e. The molecule has 0 spiro atoms. The zero-order valence-electron chi connectivity index (χ0n) is 23.2. The minimum atomic E-state index is -0.119. The summed E-state index contributed by atoms with van der Waals surface area (Å²) in [5, 5.41) is 4.23. The molecule has 0 unspecified atom stereocenters. The minimum absolute atomic E-state index is 0.0976. The molecule has 3 aromatic heterocycles. The molecule has 1 aliphatic rings. The average Bonchev–Trinajstić information content (AvgIpc) is 3.49. The van der Waals surface area contributed by atoms with Gasteiger partial charge in [-0.15, -0.1) is 0 Å². The lowest BCUT2D eigenvalue weighted by Gasteiger charge is -2.28. The van der Waals surface area contributed by atoms with E-state index in [0.717, 1.165) is 40.7 Å². The number of methoxy groups -OCH3 is 1. The summed E-state index contributed by atoms with van der Waals surface area (Å²) < 4.78 is 13.7. The normalized spacial score (nSPS) is 16.5. The van der Waals surface area contributed by atoms with Crippen molar-refractivity contribution in [3.63, 3.8) is 0 Å². The first kappa shape index (κ1) is 26.5. The van der Waals surface area contributed by atoms with Crippen LogP contribution in [0.25, 0.3) is 0 Å². The fraction of sp³-hybridized carbons (Fsp3) is 0.182. The first-order chi connectivity index (χ1) is 20.0. The number of benzene rings is 2. The predicted octanol–water partition coefficient (Wildman–Crippen LogP) is 6.92. The molecule has 1 aliphatic heterocycles. The molecule has 2 aromatic carbocycles. The number of thiocarbonyl (C=S) groups is 1. The summed E-state index contributed by atoms with van der Waals surface area (Å²) in [5.41, 5.74) is 6.65. The number of nitrogens with zero attached hydrogens (tertiary/aromatic N) is 4. The summed E-state index contributed by atoms with van der Waals surface area (Å²) in [6, 6.07) is 27.7. The summed E-state index contributed by atoms with van der Waals surface area (Å²) >= 11 is 5.95. The van der Waals surface area contributed by atoms with Gasteiger partial charge in [0, 0.05) is 42.2 Å². The Kier molecular flexibility index (Phi) is 7.39. The zero-order chi connectivity index (χ0) is 28.3. The van der Waals surface area contributed by atoms with Crippen molar-refractivity contribution >= 4 is 23.0 Å². The van der Waals surface area contributed by atoms with E-state index in [-0.39, 0.29) is 12.1 Å². The molecule has 5 aromatic rings. The SMILES string of the molecule is COc1ccc(Oc2ccc(N3C(=S)N[C@H](c4ccccn4)[C@@H]3c3cc(C)n(Cc4cccnc4)c3C)cc2)cc1. The van der Waals surface area contributed by atoms with Crippen LogP contribution in [0.5, 0.6) is 17.2 Å². The van der Waals surface area contributed by atoms with Gasteiger partial charge in [0.25, 0.3) is 0 Å². The van der Waals surface area contributed by atoms with Gasteiger partial charge in [0.1, 0.15) is 17.2 Å². The molecule has 206 valence electrons. The van der Waals surface area contributed by atoms with Gasteiger partial charge in [0.15, 0.2) is 5.11 Å². The average molecular weight is 562 g/mol. The molecule has 0 radical (unpaired) electrons. The Hall–Kier alpha value is -4.69. The quantitative estimate of drug-likeness (QED) is 0.206. The van der Waals surface area contributed by atoms with E-state index >= 15 is 0 Å². The third-order valence-electron chi connectivity index (χ3n) is 7.50. The fourth-order valence-corrected chi connectivity index (χ4v) is 5.79. The largest absolute Gasteiger partial charge is 0.497 e. The van der Waals surface area contributed by atoms with Crippen LogP contribution in [-0.2, 0) is 6.54 Å². The molecule has 0 amide bonds. The van der Waals surface area contributed by atoms with Gasteiger partial charge in [-0.3, -0.25) is 9.97 Å². The van der Waals surface area contributed by atoms with Gasteiger partial charge in [-0.1, -0.05) is 12.1 Å². The molecule has 7 nitrogen and oxygen atoms in total. The summed E-state index contributed by atoms with van der Waals surface area (Å²) in [7, 11) is 1.65. The smallest absolute Gasteiger partial charge is 0.174 e. The topological polar surface area (TPSA) is 64.4 Å². The van der Waals surface area contributed by atoms with Crippen LogP contribution < -0.4 is 19.7 Å². The molecule has 0 bridgehead atoms. The van der Waals surface area contributed by atoms with Crippen molar-refractivity contribution in [1.29, 1.82) is 0 Å². The van der Waals surface area contributed by atoms with E-state index < -0.39 is 0 Å². The van der Waals surface area contributed by atoms with E-state index in [1.54, 1.807) is 13.3 Å². The molecule has 41 heavy (non-hydrogen) atoms.